The van der Waals surface area contributed by atoms with Crippen molar-refractivity contribution in [3.63, 3.8) is 0 Å². The number of likely N-dealkylation sites (tertiary alicyclic amines) is 1. The summed E-state index contributed by atoms with van der Waals surface area (Å²) in [7, 11) is -1.57. The van der Waals surface area contributed by atoms with Gasteiger partial charge in [0.15, 0.2) is 9.84 Å². The van der Waals surface area contributed by atoms with Gasteiger partial charge in [-0.3, -0.25) is 4.90 Å². The van der Waals surface area contributed by atoms with Crippen LogP contribution in [0.3, 0.4) is 0 Å². The number of carbonyl (C=O) groups excluding carboxylic acids is 1. The van der Waals surface area contributed by atoms with E-state index in [0.29, 0.717) is 18.7 Å². The van der Waals surface area contributed by atoms with E-state index in [9.17, 15) is 18.3 Å². The Kier molecular flexibility index (Phi) is 11.5. The second kappa shape index (κ2) is 14.8. The maximum atomic E-state index is 12.8. The van der Waals surface area contributed by atoms with Gasteiger partial charge in [0.05, 0.1) is 22.3 Å². The number of piperidine rings is 1. The number of aliphatic hydroxyl groups excluding tert-OH is 1. The molecule has 204 valence electrons. The van der Waals surface area contributed by atoms with Crippen LogP contribution in [0.25, 0.3) is 0 Å². The summed E-state index contributed by atoms with van der Waals surface area (Å²) in [4.78, 5) is 14.4. The fourth-order valence-electron chi connectivity index (χ4n) is 4.23. The highest BCUT2D eigenvalue weighted by Gasteiger charge is 2.28. The average Bonchev–Trinajstić information content (AvgIpc) is 2.95. The summed E-state index contributed by atoms with van der Waals surface area (Å²) in [5.74, 6) is -0.0603. The lowest BCUT2D eigenvalue weighted by molar-refractivity contribution is 0.0245. The third-order valence-electron chi connectivity index (χ3n) is 6.58. The molecule has 1 saturated heterocycles. The molecule has 1 fully saturated rings. The van der Waals surface area contributed by atoms with Crippen molar-refractivity contribution < 1.29 is 23.1 Å². The molecule has 3 aromatic rings. The van der Waals surface area contributed by atoms with E-state index >= 15 is 0 Å². The molecule has 1 heterocycles. The van der Waals surface area contributed by atoms with E-state index in [1.807, 2.05) is 36.2 Å². The fourth-order valence-corrected chi connectivity index (χ4v) is 5.51. The van der Waals surface area contributed by atoms with E-state index in [1.165, 1.54) is 29.8 Å². The molecule has 0 radical (unpaired) electrons. The smallest absolute Gasteiger partial charge is 0.343 e. The van der Waals surface area contributed by atoms with Crippen LogP contribution in [0, 0.1) is 5.92 Å². The number of β-amino-alcohol motifs (C(OH)–C–C–N with tert-alkyl or cyclic N) is 1. The SMILES string of the molecule is CCNC.O=C(Oc1ccc(S(=O)(=O)CCN2CC[C@H](Cc3ccccc3)[C@H](O)C2)cc1)c1ccccc1. The molecule has 0 saturated carbocycles. The van der Waals surface area contributed by atoms with Crippen LogP contribution < -0.4 is 10.1 Å². The number of benzene rings is 3. The lowest BCUT2D eigenvalue weighted by Gasteiger charge is -2.36. The molecule has 0 unspecified atom stereocenters. The molecular weight excluding hydrogens is 500 g/mol. The summed E-state index contributed by atoms with van der Waals surface area (Å²) in [6, 6.07) is 24.6. The zero-order valence-corrected chi connectivity index (χ0v) is 22.9. The van der Waals surface area contributed by atoms with Crippen LogP contribution >= 0.6 is 0 Å². The van der Waals surface area contributed by atoms with Gasteiger partial charge in [0, 0.05) is 13.1 Å². The van der Waals surface area contributed by atoms with Gasteiger partial charge in [-0.2, -0.15) is 0 Å². The molecule has 0 aromatic heterocycles. The number of rotatable bonds is 9. The molecule has 1 aliphatic heterocycles. The Labute approximate surface area is 226 Å². The number of aliphatic hydroxyl groups is 1. The van der Waals surface area contributed by atoms with Gasteiger partial charge in [-0.15, -0.1) is 0 Å². The molecule has 1 aliphatic rings. The minimum absolute atomic E-state index is 0.0355. The Balaban J connectivity index is 0.000000934. The van der Waals surface area contributed by atoms with Crippen LogP contribution in [0.1, 0.15) is 29.3 Å². The molecule has 7 nitrogen and oxygen atoms in total. The van der Waals surface area contributed by atoms with Crippen molar-refractivity contribution in [2.45, 2.75) is 30.8 Å². The first kappa shape index (κ1) is 29.5. The van der Waals surface area contributed by atoms with E-state index in [2.05, 4.69) is 24.4 Å². The van der Waals surface area contributed by atoms with E-state index in [4.69, 9.17) is 4.74 Å². The van der Waals surface area contributed by atoms with Gasteiger partial charge in [-0.05, 0) is 80.9 Å². The van der Waals surface area contributed by atoms with Crippen LogP contribution in [0.15, 0.2) is 89.8 Å². The molecule has 0 bridgehead atoms. The van der Waals surface area contributed by atoms with Gasteiger partial charge >= 0.3 is 5.97 Å². The van der Waals surface area contributed by atoms with Gasteiger partial charge < -0.3 is 15.2 Å². The van der Waals surface area contributed by atoms with Crippen LogP contribution in [-0.4, -0.2) is 69.5 Å². The number of sulfone groups is 1. The largest absolute Gasteiger partial charge is 0.423 e. The zero-order chi connectivity index (χ0) is 27.4. The van der Waals surface area contributed by atoms with Crippen LogP contribution in [0.2, 0.25) is 0 Å². The molecule has 3 aromatic carbocycles. The molecular formula is C30H38N2O5S. The summed E-state index contributed by atoms with van der Waals surface area (Å²) in [6.07, 6.45) is 1.18. The number of nitrogens with one attached hydrogen (secondary N) is 1. The highest BCUT2D eigenvalue weighted by atomic mass is 32.2. The molecule has 8 heteroatoms. The Hall–Kier alpha value is -3.04. The molecule has 0 spiro atoms. The van der Waals surface area contributed by atoms with Gasteiger partial charge in [-0.1, -0.05) is 55.5 Å². The lowest BCUT2D eigenvalue weighted by atomic mass is 9.88. The number of nitrogens with zero attached hydrogens (tertiary/aromatic N) is 1. The van der Waals surface area contributed by atoms with Crippen molar-refractivity contribution in [3.8, 4) is 5.75 Å². The number of carbonyl (C=O) groups is 1. The van der Waals surface area contributed by atoms with E-state index in [1.54, 1.807) is 24.3 Å². The van der Waals surface area contributed by atoms with Crippen molar-refractivity contribution >= 4 is 15.8 Å². The van der Waals surface area contributed by atoms with Gasteiger partial charge in [-0.25, -0.2) is 13.2 Å². The Morgan fingerprint density at radius 2 is 1.61 bits per heavy atom. The van der Waals surface area contributed by atoms with Gasteiger partial charge in [0.2, 0.25) is 0 Å². The molecule has 0 aliphatic carbocycles. The Bertz CT molecular complexity index is 1220. The first-order chi connectivity index (χ1) is 18.3. The third kappa shape index (κ3) is 9.06. The number of esters is 1. The standard InChI is InChI=1S/C27H29NO5S.C3H9N/c29-26-20-28(16-15-23(26)19-21-7-3-1-4-8-21)17-18-34(31,32)25-13-11-24(12-14-25)33-27(30)22-9-5-2-6-10-22;1-3-4-2/h1-14,23,26,29H,15-20H2;4H,3H2,1-2H3/t23-,26-;/m1./s1. The van der Waals surface area contributed by atoms with E-state index < -0.39 is 21.9 Å². The van der Waals surface area contributed by atoms with E-state index in [0.717, 1.165) is 25.9 Å². The highest BCUT2D eigenvalue weighted by molar-refractivity contribution is 7.91. The molecule has 2 N–H and O–H groups in total. The predicted molar refractivity (Wildman–Crippen MR) is 150 cm³/mol. The van der Waals surface area contributed by atoms with Crippen molar-refractivity contribution in [1.82, 2.24) is 10.2 Å². The highest BCUT2D eigenvalue weighted by Crippen LogP contribution is 2.23. The fraction of sp³-hybridized carbons (Fsp3) is 0.367. The molecule has 4 rings (SSSR count). The minimum atomic E-state index is -3.50. The number of hydrogen-bond donors (Lipinski definition) is 2. The quantitative estimate of drug-likeness (QED) is 0.316. The number of ether oxygens (including phenoxy) is 1. The topological polar surface area (TPSA) is 95.9 Å². The molecule has 2 atom stereocenters. The van der Waals surface area contributed by atoms with Crippen LogP contribution in [-0.2, 0) is 16.3 Å². The Morgan fingerprint density at radius 3 is 2.18 bits per heavy atom. The first-order valence-corrected chi connectivity index (χ1v) is 14.7. The average molecular weight is 539 g/mol. The van der Waals surface area contributed by atoms with Crippen molar-refractivity contribution in [2.24, 2.45) is 5.92 Å². The summed E-state index contributed by atoms with van der Waals surface area (Å²) >= 11 is 0. The minimum Gasteiger partial charge on any atom is -0.423 e. The lowest BCUT2D eigenvalue weighted by Crippen LogP contribution is -2.46. The summed E-state index contributed by atoms with van der Waals surface area (Å²) in [5.41, 5.74) is 1.63. The third-order valence-corrected chi connectivity index (χ3v) is 8.29. The maximum Gasteiger partial charge on any atom is 0.343 e. The molecule has 0 amide bonds. The summed E-state index contributed by atoms with van der Waals surface area (Å²) < 4.78 is 31.0. The van der Waals surface area contributed by atoms with Crippen molar-refractivity contribution in [2.75, 3.05) is 39.0 Å². The van der Waals surface area contributed by atoms with Crippen LogP contribution in [0.4, 0.5) is 0 Å². The van der Waals surface area contributed by atoms with Gasteiger partial charge in [0.1, 0.15) is 5.75 Å². The summed E-state index contributed by atoms with van der Waals surface area (Å²) in [5, 5.41) is 13.5. The van der Waals surface area contributed by atoms with Crippen LogP contribution in [0.5, 0.6) is 5.75 Å². The monoisotopic (exact) mass is 538 g/mol. The van der Waals surface area contributed by atoms with Gasteiger partial charge in [0.25, 0.3) is 0 Å². The van der Waals surface area contributed by atoms with Crippen molar-refractivity contribution in [3.05, 3.63) is 96.1 Å². The predicted octanol–water partition coefficient (Wildman–Crippen LogP) is 3.83. The second-order valence-electron chi connectivity index (χ2n) is 9.36. The van der Waals surface area contributed by atoms with Crippen molar-refractivity contribution in [1.29, 1.82) is 0 Å². The normalized spacial score (nSPS) is 17.8. The van der Waals surface area contributed by atoms with E-state index in [-0.39, 0.29) is 22.3 Å². The first-order valence-electron chi connectivity index (χ1n) is 13.0. The second-order valence-corrected chi connectivity index (χ2v) is 11.5. The summed E-state index contributed by atoms with van der Waals surface area (Å²) in [6.45, 7) is 4.74. The molecule has 38 heavy (non-hydrogen) atoms. The Morgan fingerprint density at radius 1 is 1.00 bits per heavy atom. The number of hydrogen-bond acceptors (Lipinski definition) is 7. The zero-order valence-electron chi connectivity index (χ0n) is 22.1. The maximum absolute atomic E-state index is 12.8.